The van der Waals surface area contributed by atoms with Crippen LogP contribution >= 0.6 is 0 Å². The second-order valence-electron chi connectivity index (χ2n) is 5.84. The topological polar surface area (TPSA) is 130 Å². The van der Waals surface area contributed by atoms with E-state index < -0.39 is 0 Å². The van der Waals surface area contributed by atoms with Gasteiger partial charge in [0.15, 0.2) is 0 Å². The van der Waals surface area contributed by atoms with E-state index in [0.29, 0.717) is 17.5 Å². The van der Waals surface area contributed by atoms with Crippen LogP contribution < -0.4 is 0 Å². The van der Waals surface area contributed by atoms with Crippen LogP contribution in [0.1, 0.15) is 36.1 Å². The first-order valence-corrected chi connectivity index (χ1v) is 8.04. The van der Waals surface area contributed by atoms with Crippen molar-refractivity contribution in [3.05, 3.63) is 70.8 Å². The zero-order chi connectivity index (χ0) is 19.8. The Labute approximate surface area is 156 Å². The highest BCUT2D eigenvalue weighted by Crippen LogP contribution is 2.14. The van der Waals surface area contributed by atoms with Crippen LogP contribution in [0.4, 0.5) is 0 Å². The third-order valence-electron chi connectivity index (χ3n) is 4.05. The Morgan fingerprint density at radius 2 is 0.926 bits per heavy atom. The molecule has 0 aliphatic rings. The van der Waals surface area contributed by atoms with E-state index in [0.717, 1.165) is 11.1 Å². The third kappa shape index (κ3) is 4.69. The first kappa shape index (κ1) is 19.6. The van der Waals surface area contributed by atoms with Crippen molar-refractivity contribution < 1.29 is 20.8 Å². The number of hydrogen-bond acceptors (Lipinski definition) is 8. The maximum atomic E-state index is 9.08. The Morgan fingerprint density at radius 1 is 0.593 bits per heavy atom. The molecule has 0 amide bonds. The smallest absolute Gasteiger partial charge is 0.134 e. The summed E-state index contributed by atoms with van der Waals surface area (Å²) >= 11 is 0. The van der Waals surface area contributed by atoms with Crippen LogP contribution in [-0.4, -0.2) is 43.7 Å². The lowest BCUT2D eigenvalue weighted by Gasteiger charge is -2.07. The lowest BCUT2D eigenvalue weighted by Crippen LogP contribution is -2.12. The van der Waals surface area contributed by atoms with Gasteiger partial charge in [-0.05, 0) is 31.4 Å². The highest BCUT2D eigenvalue weighted by atomic mass is 16.4. The van der Waals surface area contributed by atoms with Crippen LogP contribution in [0, 0.1) is 0 Å². The molecule has 0 aliphatic carbocycles. The maximum absolute atomic E-state index is 9.08. The molecule has 2 aromatic carbocycles. The van der Waals surface area contributed by atoms with Crippen molar-refractivity contribution in [2.45, 2.75) is 20.3 Å². The van der Waals surface area contributed by atoms with Gasteiger partial charge in [-0.15, -0.1) is 0 Å². The number of benzene rings is 2. The summed E-state index contributed by atoms with van der Waals surface area (Å²) in [5, 5.41) is 48.2. The predicted octanol–water partition coefficient (Wildman–Crippen LogP) is 3.33. The highest BCUT2D eigenvalue weighted by Gasteiger charge is 2.10. The number of hydrogen-bond donors (Lipinski definition) is 4. The Balaban J connectivity index is 2.16. The van der Waals surface area contributed by atoms with Crippen LogP contribution in [0.15, 0.2) is 69.2 Å². The van der Waals surface area contributed by atoms with Crippen molar-refractivity contribution in [2.75, 3.05) is 0 Å². The van der Waals surface area contributed by atoms with Crippen molar-refractivity contribution in [3.8, 4) is 0 Å². The molecule has 8 nitrogen and oxygen atoms in total. The first-order valence-electron chi connectivity index (χ1n) is 8.04. The van der Waals surface area contributed by atoms with Crippen molar-refractivity contribution in [1.29, 1.82) is 0 Å². The highest BCUT2D eigenvalue weighted by molar-refractivity contribution is 6.47. The first-order chi connectivity index (χ1) is 13.0. The number of oxime groups is 4. The minimum Gasteiger partial charge on any atom is -0.411 e. The van der Waals surface area contributed by atoms with Gasteiger partial charge in [0, 0.05) is 11.1 Å². The zero-order valence-corrected chi connectivity index (χ0v) is 14.9. The van der Waals surface area contributed by atoms with Crippen molar-refractivity contribution in [3.63, 3.8) is 0 Å². The van der Waals surface area contributed by atoms with E-state index >= 15 is 0 Å². The molecule has 0 fully saturated rings. The molecule has 0 heterocycles. The fraction of sp³-hybridized carbons (Fsp3) is 0.158. The van der Waals surface area contributed by atoms with Gasteiger partial charge in [-0.2, -0.15) is 0 Å². The number of nitrogens with zero attached hydrogens (tertiary/aromatic N) is 4. The summed E-state index contributed by atoms with van der Waals surface area (Å²) in [6.07, 6.45) is 0.665. The van der Waals surface area contributed by atoms with Crippen molar-refractivity contribution in [2.24, 2.45) is 20.6 Å². The molecule has 0 unspecified atom stereocenters. The Bertz CT molecular complexity index is 823. The van der Waals surface area contributed by atoms with E-state index in [1.165, 1.54) is 13.8 Å². The summed E-state index contributed by atoms with van der Waals surface area (Å²) in [5.41, 5.74) is 4.16. The van der Waals surface area contributed by atoms with Crippen molar-refractivity contribution >= 4 is 22.8 Å². The quantitative estimate of drug-likeness (QED) is 0.354. The third-order valence-corrected chi connectivity index (χ3v) is 4.05. The van der Waals surface area contributed by atoms with Gasteiger partial charge in [-0.1, -0.05) is 69.2 Å². The zero-order valence-electron chi connectivity index (χ0n) is 14.9. The van der Waals surface area contributed by atoms with E-state index in [-0.39, 0.29) is 22.8 Å². The largest absolute Gasteiger partial charge is 0.411 e. The molecule has 0 aromatic heterocycles. The van der Waals surface area contributed by atoms with Gasteiger partial charge < -0.3 is 20.8 Å². The fourth-order valence-corrected chi connectivity index (χ4v) is 2.57. The van der Waals surface area contributed by atoms with Crippen LogP contribution in [0.2, 0.25) is 0 Å². The monoisotopic (exact) mass is 368 g/mol. The lowest BCUT2D eigenvalue weighted by atomic mass is 9.99. The predicted molar refractivity (Wildman–Crippen MR) is 102 cm³/mol. The molecule has 2 rings (SSSR count). The SMILES string of the molecule is CC(=NO)C(=NO)c1ccc(Cc2ccc(C(=NO)C(C)=NO)cc2)cc1. The summed E-state index contributed by atoms with van der Waals surface area (Å²) in [7, 11) is 0. The van der Waals surface area contributed by atoms with Gasteiger partial charge in [0.05, 0.1) is 0 Å². The molecule has 0 saturated heterocycles. The van der Waals surface area contributed by atoms with E-state index in [1.807, 2.05) is 24.3 Å². The minimum atomic E-state index is 0.199. The fourth-order valence-electron chi connectivity index (χ4n) is 2.57. The molecule has 0 aliphatic heterocycles. The minimum absolute atomic E-state index is 0.199. The average molecular weight is 368 g/mol. The van der Waals surface area contributed by atoms with Crippen LogP contribution in [0.5, 0.6) is 0 Å². The van der Waals surface area contributed by atoms with Crippen molar-refractivity contribution in [1.82, 2.24) is 0 Å². The van der Waals surface area contributed by atoms with Gasteiger partial charge in [-0.25, -0.2) is 0 Å². The molecule has 2 aromatic rings. The second-order valence-corrected chi connectivity index (χ2v) is 5.84. The molecule has 0 spiro atoms. The Hall–Kier alpha value is -3.68. The summed E-state index contributed by atoms with van der Waals surface area (Å²) in [5.74, 6) is 0. The molecule has 0 saturated carbocycles. The Morgan fingerprint density at radius 3 is 1.19 bits per heavy atom. The molecule has 4 N–H and O–H groups in total. The maximum Gasteiger partial charge on any atom is 0.134 e. The van der Waals surface area contributed by atoms with Crippen LogP contribution in [0.25, 0.3) is 0 Å². The van der Waals surface area contributed by atoms with Gasteiger partial charge in [0.2, 0.25) is 0 Å². The molecular formula is C19H20N4O4. The van der Waals surface area contributed by atoms with Gasteiger partial charge in [-0.3, -0.25) is 0 Å². The normalized spacial score (nSPS) is 13.7. The van der Waals surface area contributed by atoms with Crippen LogP contribution in [-0.2, 0) is 6.42 Å². The van der Waals surface area contributed by atoms with E-state index in [4.69, 9.17) is 20.8 Å². The second kappa shape index (κ2) is 9.14. The summed E-state index contributed by atoms with van der Waals surface area (Å²) < 4.78 is 0. The van der Waals surface area contributed by atoms with Gasteiger partial charge >= 0.3 is 0 Å². The van der Waals surface area contributed by atoms with Gasteiger partial charge in [0.1, 0.15) is 22.8 Å². The average Bonchev–Trinajstić information content (AvgIpc) is 2.71. The number of rotatable bonds is 6. The van der Waals surface area contributed by atoms with Crippen LogP contribution in [0.3, 0.4) is 0 Å². The van der Waals surface area contributed by atoms with E-state index in [2.05, 4.69) is 20.6 Å². The molecular weight excluding hydrogens is 348 g/mol. The molecule has 140 valence electrons. The standard InChI is InChI=1S/C19H20N4O4/c1-12(20-24)18(22-26)16-7-3-14(4-8-16)11-15-5-9-17(10-6-15)19(23-27)13(2)21-25/h3-10,24-27H,11H2,1-2H3. The van der Waals surface area contributed by atoms with Gasteiger partial charge in [0.25, 0.3) is 0 Å². The summed E-state index contributed by atoms with van der Waals surface area (Å²) in [4.78, 5) is 0. The summed E-state index contributed by atoms with van der Waals surface area (Å²) in [6, 6.07) is 14.7. The molecule has 0 atom stereocenters. The molecule has 27 heavy (non-hydrogen) atoms. The summed E-state index contributed by atoms with van der Waals surface area (Å²) in [6.45, 7) is 3.08. The lowest BCUT2D eigenvalue weighted by molar-refractivity contribution is 0.314. The van der Waals surface area contributed by atoms with E-state index in [9.17, 15) is 0 Å². The molecule has 8 heteroatoms. The van der Waals surface area contributed by atoms with E-state index in [1.54, 1.807) is 24.3 Å². The Kier molecular flexibility index (Phi) is 6.65. The molecule has 0 bridgehead atoms. The molecule has 0 radical (unpaired) electrons.